The van der Waals surface area contributed by atoms with Crippen LogP contribution in [0.5, 0.6) is 0 Å². The van der Waals surface area contributed by atoms with Crippen molar-refractivity contribution in [2.45, 2.75) is 59.5 Å². The zero-order valence-corrected chi connectivity index (χ0v) is 14.8. The molecule has 21 heavy (non-hydrogen) atoms. The molecule has 0 aromatic rings. The Balaban J connectivity index is 3.83. The molecular formula is C18H30N2S. The highest BCUT2D eigenvalue weighted by Crippen LogP contribution is 2.12. The van der Waals surface area contributed by atoms with Crippen LogP contribution >= 0.6 is 11.8 Å². The van der Waals surface area contributed by atoms with Crippen LogP contribution in [0.25, 0.3) is 4.85 Å². The minimum absolute atomic E-state index is 0.352. The van der Waals surface area contributed by atoms with Gasteiger partial charge in [0.15, 0.2) is 0 Å². The van der Waals surface area contributed by atoms with Crippen LogP contribution < -0.4 is 5.73 Å². The summed E-state index contributed by atoms with van der Waals surface area (Å²) in [6.07, 6.45) is 11.1. The van der Waals surface area contributed by atoms with Gasteiger partial charge in [-0.15, -0.1) is 11.8 Å². The second-order valence-corrected chi connectivity index (χ2v) is 6.77. The molecule has 0 heterocycles. The molecule has 0 spiro atoms. The fourth-order valence-corrected chi connectivity index (χ4v) is 2.62. The highest BCUT2D eigenvalue weighted by molar-refractivity contribution is 7.99. The average molecular weight is 307 g/mol. The van der Waals surface area contributed by atoms with Gasteiger partial charge >= 0.3 is 0 Å². The second kappa shape index (κ2) is 12.7. The van der Waals surface area contributed by atoms with E-state index in [9.17, 15) is 0 Å². The number of rotatable bonds is 10. The van der Waals surface area contributed by atoms with E-state index in [0.29, 0.717) is 0 Å². The first-order valence-corrected chi connectivity index (χ1v) is 8.75. The van der Waals surface area contributed by atoms with E-state index in [2.05, 4.69) is 50.8 Å². The summed E-state index contributed by atoms with van der Waals surface area (Å²) in [5.41, 5.74) is 9.86. The Bertz CT molecular complexity index is 409. The Kier molecular flexibility index (Phi) is 12.1. The fourth-order valence-electron chi connectivity index (χ4n) is 1.77. The molecule has 0 bridgehead atoms. The van der Waals surface area contributed by atoms with Gasteiger partial charge in [-0.25, -0.2) is 6.57 Å². The molecule has 118 valence electrons. The van der Waals surface area contributed by atoms with E-state index in [4.69, 9.17) is 12.3 Å². The van der Waals surface area contributed by atoms with Gasteiger partial charge in [-0.3, -0.25) is 10.6 Å². The molecule has 0 fully saturated rings. The summed E-state index contributed by atoms with van der Waals surface area (Å²) in [7, 11) is 0. The first-order chi connectivity index (χ1) is 9.95. The van der Waals surface area contributed by atoms with Gasteiger partial charge in [-0.1, -0.05) is 34.9 Å². The molecule has 3 heteroatoms. The van der Waals surface area contributed by atoms with E-state index in [1.165, 1.54) is 16.7 Å². The average Bonchev–Trinajstić information content (AvgIpc) is 2.42. The molecule has 0 saturated heterocycles. The zero-order chi connectivity index (χ0) is 16.1. The topological polar surface area (TPSA) is 30.4 Å². The Hall–Kier alpha value is -0.980. The molecule has 0 saturated carbocycles. The highest BCUT2D eigenvalue weighted by atomic mass is 32.2. The van der Waals surface area contributed by atoms with Crippen molar-refractivity contribution in [1.82, 2.24) is 0 Å². The van der Waals surface area contributed by atoms with Gasteiger partial charge in [0.1, 0.15) is 0 Å². The number of nitrogens with two attached hydrogens (primary N) is 1. The van der Waals surface area contributed by atoms with E-state index in [0.717, 1.165) is 37.2 Å². The van der Waals surface area contributed by atoms with Crippen LogP contribution in [-0.4, -0.2) is 17.7 Å². The maximum atomic E-state index is 6.79. The van der Waals surface area contributed by atoms with Gasteiger partial charge in [0.2, 0.25) is 0 Å². The third kappa shape index (κ3) is 13.7. The van der Waals surface area contributed by atoms with Crippen molar-refractivity contribution in [3.05, 3.63) is 46.4 Å². The zero-order valence-electron chi connectivity index (χ0n) is 14.0. The number of hydrogen-bond donors (Lipinski definition) is 1. The summed E-state index contributed by atoms with van der Waals surface area (Å²) in [6, 6.07) is 0. The minimum atomic E-state index is -0.352. The molecule has 1 unspecified atom stereocenters. The van der Waals surface area contributed by atoms with Crippen LogP contribution in [0, 0.1) is 6.57 Å². The smallest absolute Gasteiger partial charge is 0.283 e. The lowest BCUT2D eigenvalue weighted by molar-refractivity contribution is 0.917. The molecule has 0 radical (unpaired) electrons. The van der Waals surface area contributed by atoms with Gasteiger partial charge in [0.05, 0.1) is 5.75 Å². The van der Waals surface area contributed by atoms with Crippen LogP contribution in [0.4, 0.5) is 0 Å². The third-order valence-corrected chi connectivity index (χ3v) is 4.11. The first kappa shape index (κ1) is 20.0. The third-order valence-electron chi connectivity index (χ3n) is 3.13. The summed E-state index contributed by atoms with van der Waals surface area (Å²) in [4.78, 5) is 3.28. The standard InChI is InChI=1S/C18H30N2S/c1-15(2)8-6-9-16(3)10-7-11-17(4)12-13-21-14-18(19)20-5/h8,10,12,18H,6-7,9,11,13-14,19H2,1-4H3/b16-10+,17-12+. The van der Waals surface area contributed by atoms with Crippen LogP contribution in [0.1, 0.15) is 53.4 Å². The van der Waals surface area contributed by atoms with Gasteiger partial charge in [0.25, 0.3) is 6.17 Å². The fraction of sp³-hybridized carbons (Fsp3) is 0.611. The quantitative estimate of drug-likeness (QED) is 0.335. The molecule has 2 nitrogen and oxygen atoms in total. The van der Waals surface area contributed by atoms with Crippen LogP contribution in [0.2, 0.25) is 0 Å². The van der Waals surface area contributed by atoms with Crippen molar-refractivity contribution in [3.8, 4) is 0 Å². The Morgan fingerprint density at radius 1 is 1.05 bits per heavy atom. The molecule has 0 rings (SSSR count). The molecule has 0 aromatic heterocycles. The molecule has 2 N–H and O–H groups in total. The van der Waals surface area contributed by atoms with Crippen LogP contribution in [0.15, 0.2) is 34.9 Å². The van der Waals surface area contributed by atoms with E-state index in [-0.39, 0.29) is 6.17 Å². The monoisotopic (exact) mass is 306 g/mol. The largest absolute Gasteiger partial charge is 0.296 e. The van der Waals surface area contributed by atoms with Gasteiger partial charge in [0, 0.05) is 5.75 Å². The van der Waals surface area contributed by atoms with Gasteiger partial charge in [-0.2, -0.15) is 0 Å². The SMILES string of the molecule is [C-]#[N+]C(N)CSC/C=C(\C)CC/C=C(\C)CCC=C(C)C. The minimum Gasteiger partial charge on any atom is -0.296 e. The maximum Gasteiger partial charge on any atom is 0.283 e. The molecular weight excluding hydrogens is 276 g/mol. The molecule has 0 aromatic carbocycles. The summed E-state index contributed by atoms with van der Waals surface area (Å²) >= 11 is 1.73. The van der Waals surface area contributed by atoms with Crippen LogP contribution in [-0.2, 0) is 0 Å². The first-order valence-electron chi connectivity index (χ1n) is 7.60. The number of thioether (sulfide) groups is 1. The maximum absolute atomic E-state index is 6.79. The van der Waals surface area contributed by atoms with Crippen molar-refractivity contribution in [2.75, 3.05) is 11.5 Å². The molecule has 0 aliphatic rings. The summed E-state index contributed by atoms with van der Waals surface area (Å²) < 4.78 is 0. The summed E-state index contributed by atoms with van der Waals surface area (Å²) in [6.45, 7) is 15.5. The summed E-state index contributed by atoms with van der Waals surface area (Å²) in [5.74, 6) is 1.68. The number of nitrogens with zero attached hydrogens (tertiary/aromatic N) is 1. The van der Waals surface area contributed by atoms with Crippen molar-refractivity contribution in [3.63, 3.8) is 0 Å². The predicted molar refractivity (Wildman–Crippen MR) is 97.3 cm³/mol. The van der Waals surface area contributed by atoms with E-state index < -0.39 is 0 Å². The normalized spacial score (nSPS) is 13.7. The van der Waals surface area contributed by atoms with Crippen molar-refractivity contribution in [2.24, 2.45) is 5.73 Å². The van der Waals surface area contributed by atoms with Crippen molar-refractivity contribution < 1.29 is 0 Å². The Morgan fingerprint density at radius 2 is 1.62 bits per heavy atom. The van der Waals surface area contributed by atoms with Gasteiger partial charge in [-0.05, 0) is 53.4 Å². The Morgan fingerprint density at radius 3 is 2.19 bits per heavy atom. The lowest BCUT2D eigenvalue weighted by Gasteiger charge is -2.02. The number of allylic oxidation sites excluding steroid dienone is 5. The molecule has 0 amide bonds. The van der Waals surface area contributed by atoms with E-state index in [1.807, 2.05) is 0 Å². The van der Waals surface area contributed by atoms with Crippen LogP contribution in [0.3, 0.4) is 0 Å². The number of hydrogen-bond acceptors (Lipinski definition) is 2. The van der Waals surface area contributed by atoms with Crippen molar-refractivity contribution >= 4 is 11.8 Å². The van der Waals surface area contributed by atoms with Gasteiger partial charge < -0.3 is 0 Å². The highest BCUT2D eigenvalue weighted by Gasteiger charge is 2.02. The molecule has 0 aliphatic carbocycles. The molecule has 1 atom stereocenters. The van der Waals surface area contributed by atoms with Crippen molar-refractivity contribution in [1.29, 1.82) is 0 Å². The predicted octanol–water partition coefficient (Wildman–Crippen LogP) is 5.34. The summed E-state index contributed by atoms with van der Waals surface area (Å²) in [5, 5.41) is 0. The van der Waals surface area contributed by atoms with E-state index in [1.54, 1.807) is 11.8 Å². The second-order valence-electron chi connectivity index (χ2n) is 5.69. The van der Waals surface area contributed by atoms with E-state index >= 15 is 0 Å². The molecule has 0 aliphatic heterocycles. The lowest BCUT2D eigenvalue weighted by atomic mass is 10.1. The Labute approximate surface area is 135 Å². The lowest BCUT2D eigenvalue weighted by Crippen LogP contribution is -2.17.